The molecule has 4 aromatic rings. The van der Waals surface area contributed by atoms with Crippen molar-refractivity contribution in [1.29, 1.82) is 0 Å². The van der Waals surface area contributed by atoms with Crippen LogP contribution in [0.3, 0.4) is 0 Å². The number of fused-ring (bicyclic) bond motifs is 1. The summed E-state index contributed by atoms with van der Waals surface area (Å²) in [7, 11) is 0. The van der Waals surface area contributed by atoms with Gasteiger partial charge in [-0.25, -0.2) is 4.79 Å². The number of aromatic hydroxyl groups is 1. The van der Waals surface area contributed by atoms with Gasteiger partial charge in [0, 0.05) is 16.0 Å². The Bertz CT molecular complexity index is 1490. The van der Waals surface area contributed by atoms with Crippen molar-refractivity contribution in [1.82, 2.24) is 15.2 Å². The summed E-state index contributed by atoms with van der Waals surface area (Å²) in [6.45, 7) is 0. The van der Waals surface area contributed by atoms with Crippen LogP contribution in [0.5, 0.6) is 5.88 Å². The number of H-pyrrole nitrogens is 1. The summed E-state index contributed by atoms with van der Waals surface area (Å²) in [6.07, 6.45) is -0.988. The molecule has 5 rings (SSSR count). The van der Waals surface area contributed by atoms with E-state index in [1.54, 1.807) is 24.4 Å². The Morgan fingerprint density at radius 1 is 1.23 bits per heavy atom. The molecule has 0 radical (unpaired) electrons. The predicted molar refractivity (Wildman–Crippen MR) is 127 cm³/mol. The van der Waals surface area contributed by atoms with E-state index in [4.69, 9.17) is 11.6 Å². The molecule has 0 saturated heterocycles. The van der Waals surface area contributed by atoms with Crippen molar-refractivity contribution in [3.8, 4) is 5.88 Å². The number of carboxylic acids is 1. The molecule has 4 N–H and O–H groups in total. The number of anilines is 1. The normalized spacial score (nSPS) is 15.4. The molecule has 180 valence electrons. The van der Waals surface area contributed by atoms with Crippen LogP contribution >= 0.6 is 22.9 Å². The van der Waals surface area contributed by atoms with Crippen molar-refractivity contribution in [2.75, 3.05) is 5.32 Å². The van der Waals surface area contributed by atoms with Gasteiger partial charge in [0.2, 0.25) is 5.88 Å². The van der Waals surface area contributed by atoms with E-state index in [-0.39, 0.29) is 26.2 Å². The van der Waals surface area contributed by atoms with Crippen LogP contribution in [0.15, 0.2) is 42.6 Å². The third-order valence-corrected chi connectivity index (χ3v) is 6.96. The topological polar surface area (TPSA) is 111 Å². The summed E-state index contributed by atoms with van der Waals surface area (Å²) >= 11 is 6.79. The largest absolute Gasteiger partial charge is 0.492 e. The third-order valence-electron chi connectivity index (χ3n) is 5.73. The van der Waals surface area contributed by atoms with Gasteiger partial charge in [-0.15, -0.1) is 0 Å². The van der Waals surface area contributed by atoms with Gasteiger partial charge >= 0.3 is 12.1 Å². The Morgan fingerprint density at radius 3 is 2.69 bits per heavy atom. The molecular formula is C23H16ClF3N4O3S. The van der Waals surface area contributed by atoms with Crippen LogP contribution in [0.1, 0.15) is 34.4 Å². The molecule has 1 aliphatic carbocycles. The number of nitrogens with zero attached hydrogens (tertiary/aromatic N) is 2. The van der Waals surface area contributed by atoms with E-state index in [0.717, 1.165) is 22.9 Å². The number of hydrogen-bond acceptors (Lipinski definition) is 6. The SMILES string of the molecule is O=C(O)C1(Nc2nc(O)c(C(=Cc3ccc(Cl)cc3C(F)(F)F)c3ccc4[nH]ncc4c3)s2)CC1. The molecule has 0 spiro atoms. The van der Waals surface area contributed by atoms with Crippen LogP contribution in [0.2, 0.25) is 5.02 Å². The summed E-state index contributed by atoms with van der Waals surface area (Å²) in [5.41, 5.74) is -0.742. The summed E-state index contributed by atoms with van der Waals surface area (Å²) in [5, 5.41) is 30.5. The minimum absolute atomic E-state index is 0.0635. The van der Waals surface area contributed by atoms with Crippen LogP contribution in [-0.2, 0) is 11.0 Å². The number of carboxylic acid groups (broad SMARTS) is 1. The number of aromatic amines is 1. The first-order valence-corrected chi connectivity index (χ1v) is 11.5. The minimum Gasteiger partial charge on any atom is -0.492 e. The first-order chi connectivity index (χ1) is 16.6. The number of thiazole rings is 1. The molecule has 1 saturated carbocycles. The van der Waals surface area contributed by atoms with Crippen LogP contribution < -0.4 is 5.32 Å². The maximum Gasteiger partial charge on any atom is 0.417 e. The van der Waals surface area contributed by atoms with Crippen molar-refractivity contribution in [2.45, 2.75) is 24.6 Å². The second kappa shape index (κ2) is 8.28. The van der Waals surface area contributed by atoms with Crippen LogP contribution in [0.4, 0.5) is 18.3 Å². The van der Waals surface area contributed by atoms with Crippen molar-refractivity contribution < 1.29 is 28.2 Å². The highest BCUT2D eigenvalue weighted by molar-refractivity contribution is 7.17. The van der Waals surface area contributed by atoms with Gasteiger partial charge in [0.05, 0.1) is 17.3 Å². The van der Waals surface area contributed by atoms with E-state index in [1.807, 2.05) is 0 Å². The van der Waals surface area contributed by atoms with Gasteiger partial charge in [0.15, 0.2) is 5.13 Å². The van der Waals surface area contributed by atoms with Crippen molar-refractivity contribution in [3.63, 3.8) is 0 Å². The Balaban J connectivity index is 1.67. The molecule has 2 aromatic carbocycles. The smallest absolute Gasteiger partial charge is 0.417 e. The van der Waals surface area contributed by atoms with E-state index in [9.17, 15) is 28.2 Å². The number of aromatic nitrogens is 3. The van der Waals surface area contributed by atoms with E-state index in [2.05, 4.69) is 20.5 Å². The fraction of sp³-hybridized carbons (Fsp3) is 0.174. The summed E-state index contributed by atoms with van der Waals surface area (Å²) < 4.78 is 41.3. The average Bonchev–Trinajstić information content (AvgIpc) is 3.27. The Kier molecular flexibility index (Phi) is 5.48. The molecule has 1 aliphatic rings. The number of aliphatic carboxylic acids is 1. The van der Waals surface area contributed by atoms with Gasteiger partial charge in [-0.1, -0.05) is 35.1 Å². The molecule has 0 amide bonds. The van der Waals surface area contributed by atoms with Crippen molar-refractivity contribution in [3.05, 3.63) is 69.2 Å². The molecule has 12 heteroatoms. The number of nitrogens with one attached hydrogen (secondary N) is 2. The first kappa shape index (κ1) is 23.2. The quantitative estimate of drug-likeness (QED) is 0.231. The number of hydrogen-bond donors (Lipinski definition) is 4. The minimum atomic E-state index is -4.67. The molecule has 2 heterocycles. The highest BCUT2D eigenvalue weighted by Crippen LogP contribution is 2.45. The second-order valence-corrected chi connectivity index (χ2v) is 9.58. The molecule has 0 aliphatic heterocycles. The van der Waals surface area contributed by atoms with Gasteiger partial charge in [0.1, 0.15) is 10.4 Å². The summed E-state index contributed by atoms with van der Waals surface area (Å²) in [5.74, 6) is -1.47. The molecule has 1 fully saturated rings. The number of benzene rings is 2. The number of halogens is 4. The van der Waals surface area contributed by atoms with Gasteiger partial charge in [-0.05, 0) is 54.3 Å². The Labute approximate surface area is 204 Å². The molecule has 0 atom stereocenters. The standard InChI is InChI=1S/C23H16ClF3N4O3S/c24-14-3-1-12(16(9-14)23(25,26)27)8-15(11-2-4-17-13(7-11)10-28-31-17)18-19(32)29-21(35-18)30-22(5-6-22)20(33)34/h1-4,7-10,32H,5-6H2,(H,28,31)(H,29,30)(H,33,34). The zero-order valence-electron chi connectivity index (χ0n) is 17.7. The van der Waals surface area contributed by atoms with Gasteiger partial charge in [-0.2, -0.15) is 23.3 Å². The fourth-order valence-electron chi connectivity index (χ4n) is 3.71. The average molecular weight is 521 g/mol. The molecule has 0 unspecified atom stereocenters. The van der Waals surface area contributed by atoms with Crippen molar-refractivity contribution in [2.24, 2.45) is 0 Å². The Hall–Kier alpha value is -3.57. The fourth-order valence-corrected chi connectivity index (χ4v) is 4.88. The van der Waals surface area contributed by atoms with Crippen LogP contribution in [-0.4, -0.2) is 36.9 Å². The number of rotatable bonds is 6. The summed E-state index contributed by atoms with van der Waals surface area (Å²) in [6, 6.07) is 8.57. The highest BCUT2D eigenvalue weighted by Gasteiger charge is 2.51. The maximum atomic E-state index is 13.8. The molecule has 0 bridgehead atoms. The van der Waals surface area contributed by atoms with E-state index >= 15 is 0 Å². The maximum absolute atomic E-state index is 13.8. The number of carbonyl (C=O) groups is 1. The lowest BCUT2D eigenvalue weighted by Gasteiger charge is -2.13. The van der Waals surface area contributed by atoms with E-state index in [1.165, 1.54) is 18.2 Å². The van der Waals surface area contributed by atoms with E-state index in [0.29, 0.717) is 23.8 Å². The van der Waals surface area contributed by atoms with Crippen molar-refractivity contribution >= 4 is 56.6 Å². The molecule has 2 aromatic heterocycles. The Morgan fingerprint density at radius 2 is 2.00 bits per heavy atom. The third kappa shape index (κ3) is 4.44. The first-order valence-electron chi connectivity index (χ1n) is 10.3. The van der Waals surface area contributed by atoms with Gasteiger partial charge in [-0.3, -0.25) is 5.10 Å². The monoisotopic (exact) mass is 520 g/mol. The molecular weight excluding hydrogens is 505 g/mol. The lowest BCUT2D eigenvalue weighted by molar-refractivity contribution is -0.139. The zero-order valence-corrected chi connectivity index (χ0v) is 19.2. The summed E-state index contributed by atoms with van der Waals surface area (Å²) in [4.78, 5) is 15.8. The highest BCUT2D eigenvalue weighted by atomic mass is 35.5. The van der Waals surface area contributed by atoms with E-state index < -0.39 is 29.1 Å². The van der Waals surface area contributed by atoms with Crippen LogP contribution in [0.25, 0.3) is 22.6 Å². The number of alkyl halides is 3. The lowest BCUT2D eigenvalue weighted by atomic mass is 9.98. The molecule has 35 heavy (non-hydrogen) atoms. The molecule has 7 nitrogen and oxygen atoms in total. The second-order valence-electron chi connectivity index (χ2n) is 8.14. The zero-order chi connectivity index (χ0) is 25.0. The van der Waals surface area contributed by atoms with Gasteiger partial charge < -0.3 is 15.5 Å². The lowest BCUT2D eigenvalue weighted by Crippen LogP contribution is -2.31. The van der Waals surface area contributed by atoms with Crippen LogP contribution in [0, 0.1) is 0 Å². The predicted octanol–water partition coefficient (Wildman–Crippen LogP) is 6.02. The van der Waals surface area contributed by atoms with Gasteiger partial charge in [0.25, 0.3) is 0 Å².